The molecule has 0 aromatic heterocycles. The van der Waals surface area contributed by atoms with Gasteiger partial charge in [0, 0.05) is 50.6 Å². The van der Waals surface area contributed by atoms with Gasteiger partial charge in [-0.1, -0.05) is 44.2 Å². The first kappa shape index (κ1) is 31.1. The van der Waals surface area contributed by atoms with Gasteiger partial charge in [0.15, 0.2) is 0 Å². The molecule has 0 aliphatic heterocycles. The lowest BCUT2D eigenvalue weighted by Crippen LogP contribution is -2.35. The summed E-state index contributed by atoms with van der Waals surface area (Å²) in [6.45, 7) is 7.83. The number of carbonyl (C=O) groups is 1. The van der Waals surface area contributed by atoms with Crippen LogP contribution < -0.4 is 16.4 Å². The average Bonchev–Trinajstić information content (AvgIpc) is 2.85. The molecule has 8 nitrogen and oxygen atoms in total. The van der Waals surface area contributed by atoms with Crippen LogP contribution in [0, 0.1) is 0 Å². The second kappa shape index (κ2) is 16.7. The molecule has 5 N–H and O–H groups in total. The Hall–Kier alpha value is -2.91. The van der Waals surface area contributed by atoms with Crippen LogP contribution >= 0.6 is 15.9 Å². The van der Waals surface area contributed by atoms with Gasteiger partial charge in [0.25, 0.3) is 0 Å². The molecular weight excluding hydrogens is 522 g/mol. The maximum absolute atomic E-state index is 12.3. The molecule has 0 bridgehead atoms. The van der Waals surface area contributed by atoms with E-state index in [0.29, 0.717) is 31.2 Å². The molecule has 1 aromatic carbocycles. The summed E-state index contributed by atoms with van der Waals surface area (Å²) in [6, 6.07) is 8.52. The summed E-state index contributed by atoms with van der Waals surface area (Å²) in [5.41, 5.74) is 10.5. The zero-order valence-electron chi connectivity index (χ0n) is 22.3. The molecule has 0 aliphatic carbocycles. The topological polar surface area (TPSA) is 103 Å². The number of nitrogens with two attached hydrogens (primary N) is 1. The second-order valence-corrected chi connectivity index (χ2v) is 9.50. The third-order valence-corrected chi connectivity index (χ3v) is 6.31. The van der Waals surface area contributed by atoms with E-state index >= 15 is 0 Å². The Labute approximate surface area is 224 Å². The van der Waals surface area contributed by atoms with Gasteiger partial charge < -0.3 is 36.0 Å². The fourth-order valence-electron chi connectivity index (χ4n) is 3.26. The number of hydrogen-bond acceptors (Lipinski definition) is 7. The van der Waals surface area contributed by atoms with Gasteiger partial charge in [-0.15, -0.1) is 0 Å². The second-order valence-electron chi connectivity index (χ2n) is 8.71. The lowest BCUT2D eigenvalue weighted by molar-refractivity contribution is -0.129. The van der Waals surface area contributed by atoms with E-state index in [1.165, 1.54) is 11.8 Å². The van der Waals surface area contributed by atoms with Crippen LogP contribution in [0.1, 0.15) is 37.8 Å². The number of aliphatic hydroxyl groups excluding tert-OH is 1. The first-order valence-electron chi connectivity index (χ1n) is 12.0. The number of rotatable bonds is 15. The quantitative estimate of drug-likeness (QED) is 0.192. The SMILES string of the molecule is C\C=C(CN(/C=C\N)CC(=O)N(C)C)/C(Br)=C(NCc1ccc(C(C)C)cc1)\C(=C\OC)NCCO. The fraction of sp³-hybridized carbons (Fsp3) is 0.444. The maximum Gasteiger partial charge on any atom is 0.241 e. The summed E-state index contributed by atoms with van der Waals surface area (Å²) < 4.78 is 6.13. The Morgan fingerprint density at radius 3 is 2.36 bits per heavy atom. The van der Waals surface area contributed by atoms with E-state index in [4.69, 9.17) is 10.5 Å². The molecular formula is C27H42BrN5O3. The van der Waals surface area contributed by atoms with Crippen molar-refractivity contribution < 1.29 is 14.6 Å². The van der Waals surface area contributed by atoms with E-state index in [1.807, 2.05) is 17.9 Å². The molecule has 0 aliphatic rings. The van der Waals surface area contributed by atoms with Crippen LogP contribution in [-0.2, 0) is 16.1 Å². The highest BCUT2D eigenvalue weighted by atomic mass is 79.9. The summed E-state index contributed by atoms with van der Waals surface area (Å²) >= 11 is 3.79. The first-order chi connectivity index (χ1) is 17.2. The van der Waals surface area contributed by atoms with Crippen molar-refractivity contribution in [2.75, 3.05) is 47.4 Å². The Morgan fingerprint density at radius 2 is 1.86 bits per heavy atom. The number of allylic oxidation sites excluding steroid dienone is 1. The van der Waals surface area contributed by atoms with E-state index in [-0.39, 0.29) is 19.1 Å². The van der Waals surface area contributed by atoms with Crippen molar-refractivity contribution in [3.8, 4) is 0 Å². The van der Waals surface area contributed by atoms with E-state index < -0.39 is 0 Å². The first-order valence-corrected chi connectivity index (χ1v) is 12.8. The minimum Gasteiger partial charge on any atom is -0.502 e. The molecule has 0 saturated carbocycles. The van der Waals surface area contributed by atoms with Gasteiger partial charge in [0.05, 0.1) is 31.7 Å². The highest BCUT2D eigenvalue weighted by Gasteiger charge is 2.17. The maximum atomic E-state index is 12.3. The minimum absolute atomic E-state index is 0.0270. The van der Waals surface area contributed by atoms with Crippen molar-refractivity contribution in [1.29, 1.82) is 0 Å². The van der Waals surface area contributed by atoms with Crippen LogP contribution in [0.5, 0.6) is 0 Å². The molecule has 9 heteroatoms. The van der Waals surface area contributed by atoms with Crippen molar-refractivity contribution in [3.05, 3.63) is 81.6 Å². The lowest BCUT2D eigenvalue weighted by atomic mass is 10.0. The van der Waals surface area contributed by atoms with Gasteiger partial charge >= 0.3 is 0 Å². The highest BCUT2D eigenvalue weighted by molar-refractivity contribution is 9.12. The van der Waals surface area contributed by atoms with Crippen LogP contribution in [0.15, 0.2) is 70.5 Å². The number of likely N-dealkylation sites (N-methyl/N-ethyl adjacent to an activating group) is 1. The molecule has 0 saturated heterocycles. The van der Waals surface area contributed by atoms with E-state index in [2.05, 4.69) is 64.7 Å². The molecule has 0 unspecified atom stereocenters. The van der Waals surface area contributed by atoms with E-state index in [0.717, 1.165) is 21.3 Å². The Morgan fingerprint density at radius 1 is 1.19 bits per heavy atom. The zero-order chi connectivity index (χ0) is 27.1. The minimum atomic E-state index is -0.0311. The number of benzene rings is 1. The molecule has 200 valence electrons. The monoisotopic (exact) mass is 563 g/mol. The van der Waals surface area contributed by atoms with E-state index in [1.54, 1.807) is 38.6 Å². The van der Waals surface area contributed by atoms with Gasteiger partial charge in [0.2, 0.25) is 5.91 Å². The normalized spacial score (nSPS) is 13.0. The largest absolute Gasteiger partial charge is 0.502 e. The molecule has 1 aromatic rings. The third kappa shape index (κ3) is 10.4. The molecule has 0 spiro atoms. The number of hydrogen-bond donors (Lipinski definition) is 4. The van der Waals surface area contributed by atoms with Crippen LogP contribution in [0.2, 0.25) is 0 Å². The van der Waals surface area contributed by atoms with Crippen LogP contribution in [-0.4, -0.2) is 68.3 Å². The number of ether oxygens (including phenoxy) is 1. The number of nitrogens with zero attached hydrogens (tertiary/aromatic N) is 2. The summed E-state index contributed by atoms with van der Waals surface area (Å²) in [5.74, 6) is 0.439. The number of nitrogens with one attached hydrogen (secondary N) is 2. The fourth-order valence-corrected chi connectivity index (χ4v) is 3.97. The smallest absolute Gasteiger partial charge is 0.241 e. The summed E-state index contributed by atoms with van der Waals surface area (Å²) in [7, 11) is 5.03. The number of halogens is 1. The lowest BCUT2D eigenvalue weighted by Gasteiger charge is -2.25. The molecule has 0 heterocycles. The molecule has 0 atom stereocenters. The van der Waals surface area contributed by atoms with Crippen molar-refractivity contribution in [2.45, 2.75) is 33.2 Å². The Balaban J connectivity index is 3.34. The summed E-state index contributed by atoms with van der Waals surface area (Å²) in [6.07, 6.45) is 6.70. The van der Waals surface area contributed by atoms with Crippen molar-refractivity contribution in [3.63, 3.8) is 0 Å². The predicted molar refractivity (Wildman–Crippen MR) is 151 cm³/mol. The molecule has 0 fully saturated rings. The molecule has 0 radical (unpaired) electrons. The standard InChI is InChI=1S/C27H42BrN5O3/c1-7-22(17-33(14-12-29)18-25(35)32(4)5)26(28)27(24(19-36-6)30-13-15-34)31-16-21-8-10-23(11-9-21)20(2)3/h7-12,14,19-20,30-31,34H,13,15-18,29H2,1-6H3/b14-12-,22-7-,24-19-,27-26-. The average molecular weight is 565 g/mol. The van der Waals surface area contributed by atoms with Crippen LogP contribution in [0.25, 0.3) is 0 Å². The molecule has 1 rings (SSSR count). The van der Waals surface area contributed by atoms with Gasteiger partial charge in [-0.05, 0) is 45.5 Å². The molecule has 1 amide bonds. The summed E-state index contributed by atoms with van der Waals surface area (Å²) in [4.78, 5) is 15.7. The Kier molecular flexibility index (Phi) is 14.4. The summed E-state index contributed by atoms with van der Waals surface area (Å²) in [5, 5.41) is 16.1. The van der Waals surface area contributed by atoms with Gasteiger partial charge in [-0.2, -0.15) is 0 Å². The van der Waals surface area contributed by atoms with Crippen LogP contribution in [0.3, 0.4) is 0 Å². The van der Waals surface area contributed by atoms with E-state index in [9.17, 15) is 9.90 Å². The third-order valence-electron chi connectivity index (χ3n) is 5.41. The van der Waals surface area contributed by atoms with Gasteiger partial charge in [-0.25, -0.2) is 0 Å². The number of carbonyl (C=O) groups excluding carboxylic acids is 1. The van der Waals surface area contributed by atoms with Crippen LogP contribution in [0.4, 0.5) is 0 Å². The number of aliphatic hydroxyl groups is 1. The number of methoxy groups -OCH3 is 1. The Bertz CT molecular complexity index is 937. The van der Waals surface area contributed by atoms with Gasteiger partial charge in [0.1, 0.15) is 6.26 Å². The zero-order valence-corrected chi connectivity index (χ0v) is 23.9. The van der Waals surface area contributed by atoms with Crippen molar-refractivity contribution in [2.24, 2.45) is 5.73 Å². The highest BCUT2D eigenvalue weighted by Crippen LogP contribution is 2.26. The van der Waals surface area contributed by atoms with Crippen molar-refractivity contribution in [1.82, 2.24) is 20.4 Å². The van der Waals surface area contributed by atoms with Crippen molar-refractivity contribution >= 4 is 21.8 Å². The predicted octanol–water partition coefficient (Wildman–Crippen LogP) is 3.34. The van der Waals surface area contributed by atoms with Gasteiger partial charge in [-0.3, -0.25) is 4.79 Å². The number of amides is 1. The molecule has 36 heavy (non-hydrogen) atoms.